The number of amides is 1. The molecule has 3 rings (SSSR count). The second-order valence-corrected chi connectivity index (χ2v) is 6.50. The van der Waals surface area contributed by atoms with Gasteiger partial charge in [-0.2, -0.15) is 0 Å². The van der Waals surface area contributed by atoms with E-state index >= 15 is 0 Å². The van der Waals surface area contributed by atoms with E-state index in [0.29, 0.717) is 28.3 Å². The number of ether oxygens (including phenoxy) is 3. The number of Topliss-reactive ketones (excluding diaryl/α,β-unsaturated/α-hetero) is 1. The highest BCUT2D eigenvalue weighted by Crippen LogP contribution is 2.23. The standard InChI is InChI=1S/C24H21NO6/c1-29-20-12-18(13-21(14-20)30-2)24(28)31-15-22(26)16-8-10-19(11-9-16)25-23(27)17-6-4-3-5-7-17/h3-14H,15H2,1-2H3,(H,25,27). The summed E-state index contributed by atoms with van der Waals surface area (Å²) in [7, 11) is 2.94. The van der Waals surface area contributed by atoms with E-state index in [1.54, 1.807) is 54.6 Å². The van der Waals surface area contributed by atoms with Crippen LogP contribution in [0.2, 0.25) is 0 Å². The maximum Gasteiger partial charge on any atom is 0.338 e. The van der Waals surface area contributed by atoms with Gasteiger partial charge in [0.2, 0.25) is 0 Å². The zero-order valence-electron chi connectivity index (χ0n) is 17.1. The number of methoxy groups -OCH3 is 2. The van der Waals surface area contributed by atoms with Crippen molar-refractivity contribution >= 4 is 23.3 Å². The fourth-order valence-electron chi connectivity index (χ4n) is 2.76. The van der Waals surface area contributed by atoms with Gasteiger partial charge >= 0.3 is 5.97 Å². The van der Waals surface area contributed by atoms with Crippen LogP contribution in [0.1, 0.15) is 31.1 Å². The number of carbonyl (C=O) groups excluding carboxylic acids is 3. The minimum atomic E-state index is -0.669. The lowest BCUT2D eigenvalue weighted by Gasteiger charge is -2.09. The first-order valence-electron chi connectivity index (χ1n) is 9.40. The van der Waals surface area contributed by atoms with Crippen molar-refractivity contribution in [2.75, 3.05) is 26.1 Å². The third kappa shape index (κ3) is 5.70. The number of benzene rings is 3. The number of hydrogen-bond acceptors (Lipinski definition) is 6. The number of anilines is 1. The Morgan fingerprint density at radius 2 is 1.35 bits per heavy atom. The fourth-order valence-corrected chi connectivity index (χ4v) is 2.76. The van der Waals surface area contributed by atoms with Gasteiger partial charge in [-0.3, -0.25) is 9.59 Å². The molecule has 0 unspecified atom stereocenters. The van der Waals surface area contributed by atoms with Crippen molar-refractivity contribution in [3.63, 3.8) is 0 Å². The maximum atomic E-state index is 12.4. The molecule has 0 spiro atoms. The Bertz CT molecular complexity index is 1050. The molecule has 0 saturated carbocycles. The molecule has 3 aromatic carbocycles. The molecule has 7 heteroatoms. The summed E-state index contributed by atoms with van der Waals surface area (Å²) >= 11 is 0. The predicted octanol–water partition coefficient (Wildman–Crippen LogP) is 4.00. The van der Waals surface area contributed by atoms with Crippen LogP contribution in [0.4, 0.5) is 5.69 Å². The maximum absolute atomic E-state index is 12.4. The molecule has 0 radical (unpaired) electrons. The topological polar surface area (TPSA) is 90.9 Å². The molecule has 7 nitrogen and oxygen atoms in total. The monoisotopic (exact) mass is 419 g/mol. The molecule has 0 aliphatic heterocycles. The highest BCUT2D eigenvalue weighted by Gasteiger charge is 2.15. The molecule has 158 valence electrons. The number of nitrogens with one attached hydrogen (secondary N) is 1. The smallest absolute Gasteiger partial charge is 0.338 e. The van der Waals surface area contributed by atoms with Gasteiger partial charge in [-0.25, -0.2) is 4.79 Å². The quantitative estimate of drug-likeness (QED) is 0.438. The number of hydrogen-bond donors (Lipinski definition) is 1. The Morgan fingerprint density at radius 3 is 1.94 bits per heavy atom. The Hall–Kier alpha value is -4.13. The van der Waals surface area contributed by atoms with E-state index in [1.165, 1.54) is 26.4 Å². The molecule has 0 fully saturated rings. The van der Waals surface area contributed by atoms with Crippen LogP contribution in [0.3, 0.4) is 0 Å². The summed E-state index contributed by atoms with van der Waals surface area (Å²) in [5.74, 6) is -0.416. The molecule has 31 heavy (non-hydrogen) atoms. The highest BCUT2D eigenvalue weighted by molar-refractivity contribution is 6.05. The van der Waals surface area contributed by atoms with Crippen LogP contribution in [0.25, 0.3) is 0 Å². The zero-order chi connectivity index (χ0) is 22.2. The van der Waals surface area contributed by atoms with Gasteiger partial charge in [0.05, 0.1) is 19.8 Å². The lowest BCUT2D eigenvalue weighted by molar-refractivity contribution is 0.0474. The van der Waals surface area contributed by atoms with E-state index in [4.69, 9.17) is 14.2 Å². The second kappa shape index (κ2) is 10.1. The van der Waals surface area contributed by atoms with Gasteiger partial charge in [-0.15, -0.1) is 0 Å². The van der Waals surface area contributed by atoms with Crippen molar-refractivity contribution in [1.82, 2.24) is 0 Å². The van der Waals surface area contributed by atoms with Gasteiger partial charge in [-0.05, 0) is 48.5 Å². The molecule has 1 N–H and O–H groups in total. The summed E-state index contributed by atoms with van der Waals surface area (Å²) in [5.41, 5.74) is 1.64. The minimum Gasteiger partial charge on any atom is -0.497 e. The van der Waals surface area contributed by atoms with Crippen molar-refractivity contribution in [3.05, 3.63) is 89.5 Å². The van der Waals surface area contributed by atoms with E-state index in [-0.39, 0.29) is 17.3 Å². The second-order valence-electron chi connectivity index (χ2n) is 6.50. The van der Waals surface area contributed by atoms with Crippen LogP contribution in [-0.2, 0) is 4.74 Å². The van der Waals surface area contributed by atoms with Gasteiger partial charge in [0.25, 0.3) is 5.91 Å². The van der Waals surface area contributed by atoms with Crippen LogP contribution in [0.5, 0.6) is 11.5 Å². The Kier molecular flexibility index (Phi) is 7.01. The molecule has 0 aliphatic carbocycles. The SMILES string of the molecule is COc1cc(OC)cc(C(=O)OCC(=O)c2ccc(NC(=O)c3ccccc3)cc2)c1. The van der Waals surface area contributed by atoms with Crippen LogP contribution < -0.4 is 14.8 Å². The lowest BCUT2D eigenvalue weighted by Crippen LogP contribution is -2.15. The summed E-state index contributed by atoms with van der Waals surface area (Å²) in [6.07, 6.45) is 0. The molecule has 1 amide bonds. The van der Waals surface area contributed by atoms with E-state index in [9.17, 15) is 14.4 Å². The van der Waals surface area contributed by atoms with Crippen molar-refractivity contribution in [2.24, 2.45) is 0 Å². The fraction of sp³-hybridized carbons (Fsp3) is 0.125. The lowest BCUT2D eigenvalue weighted by atomic mass is 10.1. The Labute approximate surface area is 179 Å². The van der Waals surface area contributed by atoms with Gasteiger partial charge < -0.3 is 19.5 Å². The molecule has 0 saturated heterocycles. The first-order chi connectivity index (χ1) is 15.0. The third-order valence-electron chi connectivity index (χ3n) is 4.42. The Morgan fingerprint density at radius 1 is 0.742 bits per heavy atom. The van der Waals surface area contributed by atoms with Crippen molar-refractivity contribution in [2.45, 2.75) is 0 Å². The van der Waals surface area contributed by atoms with Crippen molar-refractivity contribution in [3.8, 4) is 11.5 Å². The predicted molar refractivity (Wildman–Crippen MR) is 115 cm³/mol. The molecule has 0 aliphatic rings. The van der Waals surface area contributed by atoms with E-state index < -0.39 is 12.6 Å². The average Bonchev–Trinajstić information content (AvgIpc) is 2.82. The Balaban J connectivity index is 1.58. The average molecular weight is 419 g/mol. The number of esters is 1. The molecular formula is C24H21NO6. The summed E-state index contributed by atoms with van der Waals surface area (Å²) < 4.78 is 15.4. The van der Waals surface area contributed by atoms with Crippen LogP contribution in [0.15, 0.2) is 72.8 Å². The number of rotatable bonds is 8. The molecule has 0 bridgehead atoms. The first-order valence-corrected chi connectivity index (χ1v) is 9.40. The summed E-state index contributed by atoms with van der Waals surface area (Å²) in [4.78, 5) is 36.8. The van der Waals surface area contributed by atoms with Gasteiger partial charge in [0, 0.05) is 22.9 Å². The first kappa shape index (κ1) is 21.6. The third-order valence-corrected chi connectivity index (χ3v) is 4.42. The van der Waals surface area contributed by atoms with Crippen LogP contribution >= 0.6 is 0 Å². The summed E-state index contributed by atoms with van der Waals surface area (Å²) in [6, 6.07) is 19.8. The normalized spacial score (nSPS) is 10.1. The molecular weight excluding hydrogens is 398 g/mol. The zero-order valence-corrected chi connectivity index (χ0v) is 17.1. The van der Waals surface area contributed by atoms with E-state index in [0.717, 1.165) is 0 Å². The van der Waals surface area contributed by atoms with E-state index in [1.807, 2.05) is 6.07 Å². The number of carbonyl (C=O) groups is 3. The van der Waals surface area contributed by atoms with Gasteiger partial charge in [0.1, 0.15) is 11.5 Å². The molecule has 0 atom stereocenters. The van der Waals surface area contributed by atoms with E-state index in [2.05, 4.69) is 5.32 Å². The molecule has 0 aromatic heterocycles. The van der Waals surface area contributed by atoms with Gasteiger partial charge in [0.15, 0.2) is 12.4 Å². The van der Waals surface area contributed by atoms with Crippen LogP contribution in [0, 0.1) is 0 Å². The molecule has 3 aromatic rings. The van der Waals surface area contributed by atoms with Crippen molar-refractivity contribution < 1.29 is 28.6 Å². The van der Waals surface area contributed by atoms with Gasteiger partial charge in [-0.1, -0.05) is 18.2 Å². The van der Waals surface area contributed by atoms with Crippen LogP contribution in [-0.4, -0.2) is 38.5 Å². The molecule has 0 heterocycles. The van der Waals surface area contributed by atoms with Crippen molar-refractivity contribution in [1.29, 1.82) is 0 Å². The summed E-state index contributed by atoms with van der Waals surface area (Å²) in [6.45, 7) is -0.423. The largest absolute Gasteiger partial charge is 0.497 e. The minimum absolute atomic E-state index is 0.211. The highest BCUT2D eigenvalue weighted by atomic mass is 16.5. The summed E-state index contributed by atoms with van der Waals surface area (Å²) in [5, 5.41) is 2.76. The number of ketones is 1.